The van der Waals surface area contributed by atoms with Crippen molar-refractivity contribution in [2.45, 2.75) is 43.7 Å². The number of likely N-dealkylation sites (tertiary alicyclic amines) is 1. The van der Waals surface area contributed by atoms with Crippen LogP contribution >= 0.6 is 24.8 Å². The molecule has 1 saturated heterocycles. The maximum absolute atomic E-state index is 13.5. The van der Waals surface area contributed by atoms with Gasteiger partial charge in [0.1, 0.15) is 0 Å². The number of amides is 1. The van der Waals surface area contributed by atoms with Gasteiger partial charge in [-0.1, -0.05) is 60.7 Å². The van der Waals surface area contributed by atoms with Crippen LogP contribution in [0.3, 0.4) is 0 Å². The van der Waals surface area contributed by atoms with Gasteiger partial charge in [-0.25, -0.2) is 0 Å². The van der Waals surface area contributed by atoms with Crippen LogP contribution in [-0.4, -0.2) is 48.4 Å². The van der Waals surface area contributed by atoms with E-state index in [1.54, 1.807) is 0 Å². The summed E-state index contributed by atoms with van der Waals surface area (Å²) in [4.78, 5) is 17.8. The molecule has 1 aliphatic heterocycles. The Bertz CT molecular complexity index is 783. The van der Waals surface area contributed by atoms with Crippen LogP contribution in [0.1, 0.15) is 43.7 Å². The van der Waals surface area contributed by atoms with Gasteiger partial charge in [-0.05, 0) is 51.9 Å². The molecule has 0 saturated carbocycles. The second kappa shape index (κ2) is 10.6. The zero-order valence-corrected chi connectivity index (χ0v) is 20.0. The molecule has 1 atom stereocenters. The summed E-state index contributed by atoms with van der Waals surface area (Å²) >= 11 is 0. The molecule has 1 fully saturated rings. The van der Waals surface area contributed by atoms with Crippen LogP contribution in [-0.2, 0) is 10.3 Å². The molecule has 0 spiro atoms. The summed E-state index contributed by atoms with van der Waals surface area (Å²) in [5, 5.41) is 0. The fourth-order valence-electron chi connectivity index (χ4n) is 4.56. The molecule has 0 bridgehead atoms. The number of nitrogens with zero attached hydrogens (tertiary/aromatic N) is 2. The van der Waals surface area contributed by atoms with E-state index in [9.17, 15) is 4.79 Å². The first-order chi connectivity index (χ1) is 13.3. The smallest absolute Gasteiger partial charge is 0.231 e. The van der Waals surface area contributed by atoms with Crippen molar-refractivity contribution >= 4 is 30.7 Å². The first kappa shape index (κ1) is 26.4. The lowest BCUT2D eigenvalue weighted by Gasteiger charge is -2.47. The SMILES string of the molecule is CN(C)C1(c2ccccc2)CCN(C(=O)C(c2ccccc2)C(C)(C)N)CC1.Cl.Cl. The molecule has 1 unspecified atom stereocenters. The van der Waals surface area contributed by atoms with Crippen LogP contribution in [0, 0.1) is 0 Å². The number of carbonyl (C=O) groups is 1. The van der Waals surface area contributed by atoms with Gasteiger partial charge in [-0.2, -0.15) is 0 Å². The molecule has 0 aromatic heterocycles. The maximum atomic E-state index is 13.5. The first-order valence-electron chi connectivity index (χ1n) is 10.1. The van der Waals surface area contributed by atoms with Crippen LogP contribution in [0.5, 0.6) is 0 Å². The molecule has 1 heterocycles. The van der Waals surface area contributed by atoms with Crippen molar-refractivity contribution in [1.29, 1.82) is 0 Å². The third-order valence-electron chi connectivity index (χ3n) is 6.19. The number of hydrogen-bond acceptors (Lipinski definition) is 3. The highest BCUT2D eigenvalue weighted by atomic mass is 35.5. The van der Waals surface area contributed by atoms with Crippen molar-refractivity contribution in [3.63, 3.8) is 0 Å². The van der Waals surface area contributed by atoms with E-state index < -0.39 is 5.54 Å². The molecule has 2 aromatic rings. The predicted octanol–water partition coefficient (Wildman–Crippen LogP) is 4.43. The lowest BCUT2D eigenvalue weighted by atomic mass is 9.78. The summed E-state index contributed by atoms with van der Waals surface area (Å²) < 4.78 is 0. The fourth-order valence-corrected chi connectivity index (χ4v) is 4.56. The third kappa shape index (κ3) is 5.36. The highest BCUT2D eigenvalue weighted by Crippen LogP contribution is 2.38. The van der Waals surface area contributed by atoms with Gasteiger partial charge in [-0.3, -0.25) is 9.69 Å². The van der Waals surface area contributed by atoms with Gasteiger partial charge in [0.05, 0.1) is 5.92 Å². The summed E-state index contributed by atoms with van der Waals surface area (Å²) in [5.74, 6) is -0.198. The van der Waals surface area contributed by atoms with Gasteiger partial charge in [0.25, 0.3) is 0 Å². The molecule has 166 valence electrons. The molecule has 2 aromatic carbocycles. The van der Waals surface area contributed by atoms with Gasteiger partial charge in [0.15, 0.2) is 0 Å². The zero-order chi connectivity index (χ0) is 20.4. The Balaban J connectivity index is 0.00000225. The van der Waals surface area contributed by atoms with E-state index in [1.165, 1.54) is 5.56 Å². The lowest BCUT2D eigenvalue weighted by molar-refractivity contribution is -0.137. The van der Waals surface area contributed by atoms with Gasteiger partial charge in [-0.15, -0.1) is 24.8 Å². The first-order valence-corrected chi connectivity index (χ1v) is 10.1. The summed E-state index contributed by atoms with van der Waals surface area (Å²) in [6, 6.07) is 20.6. The minimum atomic E-state index is -0.617. The van der Waals surface area contributed by atoms with Gasteiger partial charge >= 0.3 is 0 Å². The van der Waals surface area contributed by atoms with Crippen LogP contribution in [0.15, 0.2) is 60.7 Å². The van der Waals surface area contributed by atoms with Crippen molar-refractivity contribution in [1.82, 2.24) is 9.80 Å². The molecule has 0 radical (unpaired) electrons. The molecule has 30 heavy (non-hydrogen) atoms. The summed E-state index contributed by atoms with van der Waals surface area (Å²) in [5.41, 5.74) is 8.13. The van der Waals surface area contributed by atoms with Gasteiger partial charge < -0.3 is 10.6 Å². The normalized spacial score (nSPS) is 16.9. The van der Waals surface area contributed by atoms with Gasteiger partial charge in [0, 0.05) is 24.2 Å². The highest BCUT2D eigenvalue weighted by Gasteiger charge is 2.42. The highest BCUT2D eigenvalue weighted by molar-refractivity contribution is 5.86. The van der Waals surface area contributed by atoms with Crippen molar-refractivity contribution in [2.75, 3.05) is 27.2 Å². The Kier molecular flexibility index (Phi) is 9.37. The number of piperidine rings is 1. The molecule has 4 nitrogen and oxygen atoms in total. The predicted molar refractivity (Wildman–Crippen MR) is 130 cm³/mol. The summed E-state index contributed by atoms with van der Waals surface area (Å²) in [7, 11) is 4.28. The Morgan fingerprint density at radius 3 is 1.87 bits per heavy atom. The third-order valence-corrected chi connectivity index (χ3v) is 6.19. The van der Waals surface area contributed by atoms with E-state index in [-0.39, 0.29) is 42.2 Å². The van der Waals surface area contributed by atoms with Gasteiger partial charge in [0.2, 0.25) is 5.91 Å². The Labute approximate surface area is 193 Å². The molecule has 2 N–H and O–H groups in total. The molecule has 6 heteroatoms. The second-order valence-electron chi connectivity index (χ2n) is 8.78. The van der Waals surface area contributed by atoms with E-state index in [0.29, 0.717) is 0 Å². The number of benzene rings is 2. The largest absolute Gasteiger partial charge is 0.342 e. The molecule has 1 amide bonds. The molecule has 1 aliphatic rings. The van der Waals surface area contributed by atoms with Crippen molar-refractivity contribution < 1.29 is 4.79 Å². The number of rotatable bonds is 5. The Morgan fingerprint density at radius 1 is 0.967 bits per heavy atom. The zero-order valence-electron chi connectivity index (χ0n) is 18.4. The monoisotopic (exact) mass is 451 g/mol. The summed E-state index contributed by atoms with van der Waals surface area (Å²) in [6.07, 6.45) is 1.84. The minimum Gasteiger partial charge on any atom is -0.342 e. The average Bonchev–Trinajstić information content (AvgIpc) is 2.68. The number of nitrogens with two attached hydrogens (primary N) is 1. The number of carbonyl (C=O) groups excluding carboxylic acids is 1. The number of halogens is 2. The maximum Gasteiger partial charge on any atom is 0.231 e. The topological polar surface area (TPSA) is 49.6 Å². The van der Waals surface area contributed by atoms with Crippen molar-refractivity contribution in [2.24, 2.45) is 5.73 Å². The Hall–Kier alpha value is -1.59. The van der Waals surface area contributed by atoms with Crippen LogP contribution < -0.4 is 5.73 Å². The van der Waals surface area contributed by atoms with E-state index in [1.807, 2.05) is 49.1 Å². The second-order valence-corrected chi connectivity index (χ2v) is 8.78. The molecule has 0 aliphatic carbocycles. The summed E-state index contributed by atoms with van der Waals surface area (Å²) in [6.45, 7) is 5.37. The molecular formula is C24H35Cl2N3O. The molecule has 3 rings (SSSR count). The standard InChI is InChI=1S/C24H33N3O.2ClH/c1-23(2,25)21(19-11-7-5-8-12-19)22(28)27-17-15-24(16-18-27,26(3)4)20-13-9-6-10-14-20;;/h5-14,21H,15-18,25H2,1-4H3;2*1H. The minimum absolute atomic E-state index is 0. The van der Waals surface area contributed by atoms with Crippen LogP contribution in [0.2, 0.25) is 0 Å². The Morgan fingerprint density at radius 2 is 1.43 bits per heavy atom. The van der Waals surface area contributed by atoms with E-state index in [4.69, 9.17) is 5.73 Å². The fraction of sp³-hybridized carbons (Fsp3) is 0.458. The van der Waals surface area contributed by atoms with Crippen LogP contribution in [0.25, 0.3) is 0 Å². The van der Waals surface area contributed by atoms with Crippen LogP contribution in [0.4, 0.5) is 0 Å². The van der Waals surface area contributed by atoms with E-state index in [2.05, 4.69) is 49.3 Å². The van der Waals surface area contributed by atoms with Crippen molar-refractivity contribution in [3.8, 4) is 0 Å². The van der Waals surface area contributed by atoms with Crippen molar-refractivity contribution in [3.05, 3.63) is 71.8 Å². The lowest BCUT2D eigenvalue weighted by Crippen LogP contribution is -2.55. The average molecular weight is 452 g/mol. The number of hydrogen-bond donors (Lipinski definition) is 1. The van der Waals surface area contributed by atoms with E-state index >= 15 is 0 Å². The quantitative estimate of drug-likeness (QED) is 0.730. The molecular weight excluding hydrogens is 417 g/mol. The van der Waals surface area contributed by atoms with E-state index in [0.717, 1.165) is 31.5 Å².